The van der Waals surface area contributed by atoms with Gasteiger partial charge in [-0.1, -0.05) is 15.9 Å². The minimum Gasteiger partial charge on any atom is -0.496 e. The molecule has 0 N–H and O–H groups in total. The lowest BCUT2D eigenvalue weighted by atomic mass is 9.82. The van der Waals surface area contributed by atoms with Crippen molar-refractivity contribution in [2.45, 2.75) is 38.0 Å². The van der Waals surface area contributed by atoms with Gasteiger partial charge in [0.05, 0.1) is 7.11 Å². The first-order valence-corrected chi connectivity index (χ1v) is 7.43. The fourth-order valence-electron chi connectivity index (χ4n) is 2.58. The normalized spacial score (nSPS) is 18.8. The summed E-state index contributed by atoms with van der Waals surface area (Å²) in [5.41, 5.74) is 0.796. The molecule has 0 radical (unpaired) electrons. The number of halogens is 3. The first-order chi connectivity index (χ1) is 9.41. The highest BCUT2D eigenvalue weighted by Crippen LogP contribution is 2.37. The third kappa shape index (κ3) is 3.78. The van der Waals surface area contributed by atoms with Crippen molar-refractivity contribution in [3.8, 4) is 5.75 Å². The molecule has 0 aromatic heterocycles. The Morgan fingerprint density at radius 3 is 2.65 bits per heavy atom. The summed E-state index contributed by atoms with van der Waals surface area (Å²) in [5, 5.41) is 0. The van der Waals surface area contributed by atoms with Gasteiger partial charge in [-0.25, -0.2) is 8.78 Å². The molecule has 0 saturated heterocycles. The van der Waals surface area contributed by atoms with Gasteiger partial charge in [0.1, 0.15) is 11.5 Å². The predicted molar refractivity (Wildman–Crippen MR) is 76.3 cm³/mol. The SMILES string of the molecule is COc1ccc(Br)cc1CC(=O)C1CCC(F)(F)CC1. The molecule has 20 heavy (non-hydrogen) atoms. The van der Waals surface area contributed by atoms with Crippen LogP contribution in [0, 0.1) is 5.92 Å². The van der Waals surface area contributed by atoms with Gasteiger partial charge >= 0.3 is 0 Å². The lowest BCUT2D eigenvalue weighted by Gasteiger charge is -2.27. The van der Waals surface area contributed by atoms with Crippen LogP contribution in [0.1, 0.15) is 31.2 Å². The summed E-state index contributed by atoms with van der Waals surface area (Å²) in [5.74, 6) is -2.16. The summed E-state index contributed by atoms with van der Waals surface area (Å²) in [6.45, 7) is 0. The monoisotopic (exact) mass is 346 g/mol. The molecule has 0 atom stereocenters. The zero-order valence-corrected chi connectivity index (χ0v) is 12.9. The van der Waals surface area contributed by atoms with Gasteiger partial charge in [0.25, 0.3) is 0 Å². The second-order valence-electron chi connectivity index (χ2n) is 5.23. The number of carbonyl (C=O) groups excluding carboxylic acids is 1. The molecule has 0 heterocycles. The third-order valence-electron chi connectivity index (χ3n) is 3.78. The van der Waals surface area contributed by atoms with Crippen molar-refractivity contribution in [3.05, 3.63) is 28.2 Å². The van der Waals surface area contributed by atoms with Crippen LogP contribution < -0.4 is 4.74 Å². The van der Waals surface area contributed by atoms with E-state index in [-0.39, 0.29) is 43.8 Å². The van der Waals surface area contributed by atoms with Gasteiger partial charge < -0.3 is 4.74 Å². The molecule has 1 aromatic rings. The molecule has 0 unspecified atom stereocenters. The Bertz CT molecular complexity index is 493. The largest absolute Gasteiger partial charge is 0.496 e. The topological polar surface area (TPSA) is 26.3 Å². The van der Waals surface area contributed by atoms with E-state index in [0.29, 0.717) is 5.75 Å². The van der Waals surface area contributed by atoms with E-state index in [1.807, 2.05) is 12.1 Å². The lowest BCUT2D eigenvalue weighted by molar-refractivity contribution is -0.126. The summed E-state index contributed by atoms with van der Waals surface area (Å²) in [7, 11) is 1.55. The number of Topliss-reactive ketones (excluding diaryl/α,β-unsaturated/α-hetero) is 1. The first kappa shape index (κ1) is 15.4. The van der Waals surface area contributed by atoms with Gasteiger partial charge in [-0.3, -0.25) is 4.79 Å². The maximum Gasteiger partial charge on any atom is 0.248 e. The smallest absolute Gasteiger partial charge is 0.248 e. The van der Waals surface area contributed by atoms with Crippen molar-refractivity contribution in [2.75, 3.05) is 7.11 Å². The minimum atomic E-state index is -2.59. The Morgan fingerprint density at radius 1 is 1.40 bits per heavy atom. The lowest BCUT2D eigenvalue weighted by Crippen LogP contribution is -2.29. The summed E-state index contributed by atoms with van der Waals surface area (Å²) in [6.07, 6.45) is 0.432. The van der Waals surface area contributed by atoms with E-state index >= 15 is 0 Å². The number of ketones is 1. The average molecular weight is 347 g/mol. The number of methoxy groups -OCH3 is 1. The molecule has 2 nitrogen and oxygen atoms in total. The maximum atomic E-state index is 13.1. The van der Waals surface area contributed by atoms with E-state index in [2.05, 4.69) is 15.9 Å². The highest BCUT2D eigenvalue weighted by Gasteiger charge is 2.37. The Balaban J connectivity index is 2.03. The van der Waals surface area contributed by atoms with Crippen molar-refractivity contribution in [2.24, 2.45) is 5.92 Å². The van der Waals surface area contributed by atoms with Crippen molar-refractivity contribution in [1.82, 2.24) is 0 Å². The van der Waals surface area contributed by atoms with Gasteiger partial charge in [-0.15, -0.1) is 0 Å². The minimum absolute atomic E-state index is 0.0249. The number of hydrogen-bond donors (Lipinski definition) is 0. The highest BCUT2D eigenvalue weighted by molar-refractivity contribution is 9.10. The molecular formula is C15H17BrF2O2. The Labute approximate surface area is 125 Å². The molecule has 0 bridgehead atoms. The Morgan fingerprint density at radius 2 is 2.05 bits per heavy atom. The molecule has 0 spiro atoms. The van der Waals surface area contributed by atoms with Crippen molar-refractivity contribution < 1.29 is 18.3 Å². The van der Waals surface area contributed by atoms with E-state index in [4.69, 9.17) is 4.74 Å². The first-order valence-electron chi connectivity index (χ1n) is 6.64. The number of hydrogen-bond acceptors (Lipinski definition) is 2. The van der Waals surface area contributed by atoms with Crippen molar-refractivity contribution in [3.63, 3.8) is 0 Å². The molecule has 1 aliphatic carbocycles. The van der Waals surface area contributed by atoms with E-state index in [9.17, 15) is 13.6 Å². The summed E-state index contributed by atoms with van der Waals surface area (Å²) in [6, 6.07) is 5.48. The van der Waals surface area contributed by atoms with Crippen molar-refractivity contribution >= 4 is 21.7 Å². The molecule has 0 aliphatic heterocycles. The molecule has 1 saturated carbocycles. The fourth-order valence-corrected chi connectivity index (χ4v) is 2.99. The average Bonchev–Trinajstić information content (AvgIpc) is 2.38. The second-order valence-corrected chi connectivity index (χ2v) is 6.15. The van der Waals surface area contributed by atoms with Gasteiger partial charge in [0.15, 0.2) is 0 Å². The van der Waals surface area contributed by atoms with Crippen molar-refractivity contribution in [1.29, 1.82) is 0 Å². The summed E-state index contributed by atoms with van der Waals surface area (Å²) < 4.78 is 32.3. The van der Waals surface area contributed by atoms with Crippen LogP contribution >= 0.6 is 15.9 Å². The van der Waals surface area contributed by atoms with Crippen LogP contribution in [0.25, 0.3) is 0 Å². The predicted octanol–water partition coefficient (Wildman–Crippen LogP) is 4.39. The highest BCUT2D eigenvalue weighted by atomic mass is 79.9. The fraction of sp³-hybridized carbons (Fsp3) is 0.533. The third-order valence-corrected chi connectivity index (χ3v) is 4.27. The molecule has 0 amide bonds. The number of carbonyl (C=O) groups is 1. The number of benzene rings is 1. The van der Waals surface area contributed by atoms with Gasteiger partial charge in [-0.2, -0.15) is 0 Å². The molecule has 1 fully saturated rings. The maximum absolute atomic E-state index is 13.1. The number of alkyl halides is 2. The van der Waals surface area contributed by atoms with E-state index in [1.165, 1.54) is 0 Å². The van der Waals surface area contributed by atoms with Crippen LogP contribution in [0.2, 0.25) is 0 Å². The second kappa shape index (κ2) is 6.20. The molecule has 2 rings (SSSR count). The van der Waals surface area contributed by atoms with Gasteiger partial charge in [-0.05, 0) is 31.0 Å². The van der Waals surface area contributed by atoms with Crippen LogP contribution in [-0.2, 0) is 11.2 Å². The quantitative estimate of drug-likeness (QED) is 0.807. The van der Waals surface area contributed by atoms with E-state index < -0.39 is 5.92 Å². The summed E-state index contributed by atoms with van der Waals surface area (Å²) in [4.78, 5) is 12.2. The Hall–Kier alpha value is -0.970. The van der Waals surface area contributed by atoms with Gasteiger partial charge in [0.2, 0.25) is 5.92 Å². The zero-order chi connectivity index (χ0) is 14.8. The molecule has 1 aromatic carbocycles. The molecule has 1 aliphatic rings. The Kier molecular flexibility index (Phi) is 4.78. The molecule has 5 heteroatoms. The van der Waals surface area contributed by atoms with E-state index in [0.717, 1.165) is 10.0 Å². The molecular weight excluding hydrogens is 330 g/mol. The van der Waals surface area contributed by atoms with Crippen LogP contribution in [0.4, 0.5) is 8.78 Å². The number of rotatable bonds is 4. The van der Waals surface area contributed by atoms with Gasteiger partial charge in [0, 0.05) is 35.2 Å². The standard InChI is InChI=1S/C15H17BrF2O2/c1-20-14-3-2-12(16)8-11(14)9-13(19)10-4-6-15(17,18)7-5-10/h2-3,8,10H,4-7,9H2,1H3. The van der Waals surface area contributed by atoms with Crippen LogP contribution in [-0.4, -0.2) is 18.8 Å². The summed E-state index contributed by atoms with van der Waals surface area (Å²) >= 11 is 3.36. The van der Waals surface area contributed by atoms with Crippen LogP contribution in [0.5, 0.6) is 5.75 Å². The van der Waals surface area contributed by atoms with Crippen LogP contribution in [0.3, 0.4) is 0 Å². The van der Waals surface area contributed by atoms with Crippen LogP contribution in [0.15, 0.2) is 22.7 Å². The number of ether oxygens (including phenoxy) is 1. The van der Waals surface area contributed by atoms with E-state index in [1.54, 1.807) is 13.2 Å². The zero-order valence-electron chi connectivity index (χ0n) is 11.3. The molecule has 110 valence electrons.